The van der Waals surface area contributed by atoms with E-state index < -0.39 is 0 Å². The van der Waals surface area contributed by atoms with Crippen LogP contribution in [0.2, 0.25) is 0 Å². The minimum atomic E-state index is 0.586. The van der Waals surface area contributed by atoms with Gasteiger partial charge < -0.3 is 14.7 Å². The molecule has 1 N–H and O–H groups in total. The fraction of sp³-hybridized carbons (Fsp3) is 0.562. The SMILES string of the molecule is CCc1cc(CNc2cc(C)nc(N3CCCCC3)n2)on1. The summed E-state index contributed by atoms with van der Waals surface area (Å²) in [4.78, 5) is 11.5. The molecule has 0 amide bonds. The Bertz CT molecular complexity index is 619. The first-order valence-electron chi connectivity index (χ1n) is 8.03. The Morgan fingerprint density at radius 2 is 2.00 bits per heavy atom. The average Bonchev–Trinajstić information content (AvgIpc) is 3.01. The van der Waals surface area contributed by atoms with Crippen molar-refractivity contribution in [2.75, 3.05) is 23.3 Å². The number of nitrogens with one attached hydrogen (secondary N) is 1. The molecule has 0 aliphatic carbocycles. The van der Waals surface area contributed by atoms with Crippen molar-refractivity contribution in [3.8, 4) is 0 Å². The molecule has 0 saturated carbocycles. The van der Waals surface area contributed by atoms with E-state index >= 15 is 0 Å². The lowest BCUT2D eigenvalue weighted by Crippen LogP contribution is -2.31. The normalized spacial score (nSPS) is 15.1. The molecule has 0 aromatic carbocycles. The van der Waals surface area contributed by atoms with Gasteiger partial charge in [0.1, 0.15) is 5.82 Å². The molecule has 1 aliphatic heterocycles. The second kappa shape index (κ2) is 6.77. The van der Waals surface area contributed by atoms with Gasteiger partial charge in [0.15, 0.2) is 5.76 Å². The zero-order valence-corrected chi connectivity index (χ0v) is 13.3. The lowest BCUT2D eigenvalue weighted by atomic mass is 10.1. The number of hydrogen-bond acceptors (Lipinski definition) is 6. The molecule has 3 rings (SSSR count). The van der Waals surface area contributed by atoms with E-state index in [1.165, 1.54) is 19.3 Å². The van der Waals surface area contributed by atoms with Crippen molar-refractivity contribution in [3.05, 3.63) is 29.3 Å². The lowest BCUT2D eigenvalue weighted by Gasteiger charge is -2.27. The van der Waals surface area contributed by atoms with Gasteiger partial charge in [-0.3, -0.25) is 0 Å². The maximum atomic E-state index is 5.29. The molecule has 2 aromatic rings. The molecule has 0 unspecified atom stereocenters. The number of aromatic nitrogens is 3. The van der Waals surface area contributed by atoms with Crippen LogP contribution in [0.4, 0.5) is 11.8 Å². The Kier molecular flexibility index (Phi) is 4.56. The first kappa shape index (κ1) is 14.8. The Labute approximate surface area is 130 Å². The highest BCUT2D eigenvalue weighted by molar-refractivity contribution is 5.44. The van der Waals surface area contributed by atoms with E-state index in [0.29, 0.717) is 6.54 Å². The largest absolute Gasteiger partial charge is 0.363 e. The summed E-state index contributed by atoms with van der Waals surface area (Å²) in [6.07, 6.45) is 4.63. The third kappa shape index (κ3) is 3.55. The van der Waals surface area contributed by atoms with Crippen LogP contribution in [-0.4, -0.2) is 28.2 Å². The van der Waals surface area contributed by atoms with Crippen molar-refractivity contribution in [3.63, 3.8) is 0 Å². The van der Waals surface area contributed by atoms with E-state index in [0.717, 1.165) is 48.4 Å². The average molecular weight is 301 g/mol. The zero-order valence-electron chi connectivity index (χ0n) is 13.3. The molecule has 0 radical (unpaired) electrons. The molecule has 0 bridgehead atoms. The van der Waals surface area contributed by atoms with Crippen molar-refractivity contribution < 1.29 is 4.52 Å². The second-order valence-corrected chi connectivity index (χ2v) is 5.73. The fourth-order valence-corrected chi connectivity index (χ4v) is 2.66. The van der Waals surface area contributed by atoms with E-state index in [2.05, 4.69) is 32.3 Å². The number of piperidine rings is 1. The van der Waals surface area contributed by atoms with Gasteiger partial charge in [-0.1, -0.05) is 12.1 Å². The van der Waals surface area contributed by atoms with E-state index in [9.17, 15) is 0 Å². The minimum absolute atomic E-state index is 0.586. The van der Waals surface area contributed by atoms with Gasteiger partial charge in [0, 0.05) is 30.9 Å². The van der Waals surface area contributed by atoms with Crippen LogP contribution in [-0.2, 0) is 13.0 Å². The van der Waals surface area contributed by atoms with Crippen molar-refractivity contribution >= 4 is 11.8 Å². The Balaban J connectivity index is 1.68. The molecule has 1 saturated heterocycles. The zero-order chi connectivity index (χ0) is 15.4. The number of nitrogens with zero attached hydrogens (tertiary/aromatic N) is 4. The number of hydrogen-bond donors (Lipinski definition) is 1. The van der Waals surface area contributed by atoms with Crippen LogP contribution in [0.3, 0.4) is 0 Å². The van der Waals surface area contributed by atoms with Gasteiger partial charge in [0.2, 0.25) is 5.95 Å². The van der Waals surface area contributed by atoms with Gasteiger partial charge >= 0.3 is 0 Å². The smallest absolute Gasteiger partial charge is 0.227 e. The summed E-state index contributed by atoms with van der Waals surface area (Å²) >= 11 is 0. The maximum absolute atomic E-state index is 5.29. The van der Waals surface area contributed by atoms with E-state index in [4.69, 9.17) is 4.52 Å². The first-order chi connectivity index (χ1) is 10.7. The van der Waals surface area contributed by atoms with Gasteiger partial charge in [-0.15, -0.1) is 0 Å². The highest BCUT2D eigenvalue weighted by Gasteiger charge is 2.14. The van der Waals surface area contributed by atoms with Crippen LogP contribution < -0.4 is 10.2 Å². The maximum Gasteiger partial charge on any atom is 0.227 e. The predicted octanol–water partition coefficient (Wildman–Crippen LogP) is 2.94. The molecule has 3 heterocycles. The van der Waals surface area contributed by atoms with Gasteiger partial charge in [-0.25, -0.2) is 4.98 Å². The molecular weight excluding hydrogens is 278 g/mol. The molecule has 1 aliphatic rings. The summed E-state index contributed by atoms with van der Waals surface area (Å²) in [6.45, 7) is 6.75. The van der Waals surface area contributed by atoms with Crippen molar-refractivity contribution in [2.24, 2.45) is 0 Å². The summed E-state index contributed by atoms with van der Waals surface area (Å²) in [5.74, 6) is 2.49. The number of aryl methyl sites for hydroxylation is 2. The van der Waals surface area contributed by atoms with E-state index in [-0.39, 0.29) is 0 Å². The minimum Gasteiger partial charge on any atom is -0.363 e. The second-order valence-electron chi connectivity index (χ2n) is 5.73. The van der Waals surface area contributed by atoms with Crippen LogP contribution in [0, 0.1) is 6.92 Å². The standard InChI is InChI=1S/C16H23N5O/c1-3-13-10-14(22-20-13)11-17-15-9-12(2)18-16(19-15)21-7-5-4-6-8-21/h9-10H,3-8,11H2,1-2H3,(H,17,18,19). The van der Waals surface area contributed by atoms with Crippen LogP contribution in [0.15, 0.2) is 16.7 Å². The number of rotatable bonds is 5. The summed E-state index contributed by atoms with van der Waals surface area (Å²) in [5, 5.41) is 7.31. The van der Waals surface area contributed by atoms with Gasteiger partial charge in [-0.2, -0.15) is 4.98 Å². The monoisotopic (exact) mass is 301 g/mol. The molecule has 0 atom stereocenters. The quantitative estimate of drug-likeness (QED) is 0.916. The lowest BCUT2D eigenvalue weighted by molar-refractivity contribution is 0.382. The summed E-state index contributed by atoms with van der Waals surface area (Å²) in [7, 11) is 0. The first-order valence-corrected chi connectivity index (χ1v) is 8.03. The summed E-state index contributed by atoms with van der Waals surface area (Å²) in [6, 6.07) is 3.94. The molecule has 6 nitrogen and oxygen atoms in total. The van der Waals surface area contributed by atoms with E-state index in [1.807, 2.05) is 19.1 Å². The van der Waals surface area contributed by atoms with Crippen LogP contribution in [0.5, 0.6) is 0 Å². The van der Waals surface area contributed by atoms with Gasteiger partial charge in [-0.05, 0) is 32.6 Å². The fourth-order valence-electron chi connectivity index (χ4n) is 2.66. The summed E-state index contributed by atoms with van der Waals surface area (Å²) < 4.78 is 5.29. The van der Waals surface area contributed by atoms with Crippen molar-refractivity contribution in [1.82, 2.24) is 15.1 Å². The molecule has 2 aromatic heterocycles. The topological polar surface area (TPSA) is 67.1 Å². The van der Waals surface area contributed by atoms with Crippen molar-refractivity contribution in [2.45, 2.75) is 46.1 Å². The third-order valence-electron chi connectivity index (χ3n) is 3.90. The van der Waals surface area contributed by atoms with Crippen LogP contribution >= 0.6 is 0 Å². The molecule has 1 fully saturated rings. The Hall–Kier alpha value is -2.11. The predicted molar refractivity (Wildman–Crippen MR) is 86.0 cm³/mol. The molecule has 118 valence electrons. The highest BCUT2D eigenvalue weighted by atomic mass is 16.5. The summed E-state index contributed by atoms with van der Waals surface area (Å²) in [5.41, 5.74) is 1.95. The molecular formula is C16H23N5O. The van der Waals surface area contributed by atoms with E-state index in [1.54, 1.807) is 0 Å². The Morgan fingerprint density at radius 3 is 2.73 bits per heavy atom. The van der Waals surface area contributed by atoms with Crippen LogP contribution in [0.1, 0.15) is 43.3 Å². The van der Waals surface area contributed by atoms with Crippen molar-refractivity contribution in [1.29, 1.82) is 0 Å². The third-order valence-corrected chi connectivity index (χ3v) is 3.90. The number of anilines is 2. The molecule has 0 spiro atoms. The highest BCUT2D eigenvalue weighted by Crippen LogP contribution is 2.19. The Morgan fingerprint density at radius 1 is 1.18 bits per heavy atom. The molecule has 6 heteroatoms. The van der Waals surface area contributed by atoms with Gasteiger partial charge in [0.05, 0.1) is 12.2 Å². The molecule has 22 heavy (non-hydrogen) atoms. The van der Waals surface area contributed by atoms with Crippen LogP contribution in [0.25, 0.3) is 0 Å². The van der Waals surface area contributed by atoms with Gasteiger partial charge in [0.25, 0.3) is 0 Å².